The fraction of sp³-hybridized carbons (Fsp3) is 0.200. The van der Waals surface area contributed by atoms with E-state index in [-0.39, 0.29) is 5.75 Å². The Labute approximate surface area is 129 Å². The number of aryl methyl sites for hydroxylation is 1. The lowest BCUT2D eigenvalue weighted by molar-refractivity contribution is 0.602. The van der Waals surface area contributed by atoms with Gasteiger partial charge in [-0.3, -0.25) is 4.72 Å². The maximum absolute atomic E-state index is 12.0. The van der Waals surface area contributed by atoms with Gasteiger partial charge < -0.3 is 5.73 Å². The third kappa shape index (κ3) is 5.32. The molecule has 2 aromatic carbocycles. The molecule has 21 heavy (non-hydrogen) atoms. The van der Waals surface area contributed by atoms with E-state index in [0.717, 1.165) is 10.5 Å². The van der Waals surface area contributed by atoms with Crippen molar-refractivity contribution in [3.05, 3.63) is 54.1 Å². The molecule has 0 spiro atoms. The van der Waals surface area contributed by atoms with Crippen molar-refractivity contribution in [1.29, 1.82) is 0 Å². The molecule has 2 rings (SSSR count). The Morgan fingerprint density at radius 1 is 1.14 bits per heavy atom. The highest BCUT2D eigenvalue weighted by atomic mass is 32.2. The third-order valence-corrected chi connectivity index (χ3v) is 5.31. The molecule has 0 aromatic heterocycles. The smallest absolute Gasteiger partial charge is 0.233 e. The summed E-state index contributed by atoms with van der Waals surface area (Å²) in [6.45, 7) is 1.92. The molecule has 0 atom stereocenters. The highest BCUT2D eigenvalue weighted by Gasteiger charge is 2.10. The maximum Gasteiger partial charge on any atom is 0.233 e. The van der Waals surface area contributed by atoms with Gasteiger partial charge in [0.2, 0.25) is 10.0 Å². The van der Waals surface area contributed by atoms with Crippen LogP contribution in [0.2, 0.25) is 0 Å². The summed E-state index contributed by atoms with van der Waals surface area (Å²) >= 11 is 1.48. The van der Waals surface area contributed by atoms with E-state index in [9.17, 15) is 8.42 Å². The van der Waals surface area contributed by atoms with Gasteiger partial charge >= 0.3 is 0 Å². The van der Waals surface area contributed by atoms with Crippen LogP contribution in [-0.2, 0) is 10.0 Å². The molecule has 0 radical (unpaired) electrons. The number of sulfonamides is 1. The summed E-state index contributed by atoms with van der Waals surface area (Å²) in [6, 6.07) is 14.7. The van der Waals surface area contributed by atoms with E-state index in [1.54, 1.807) is 12.1 Å². The van der Waals surface area contributed by atoms with Crippen molar-refractivity contribution in [3.8, 4) is 0 Å². The molecule has 0 heterocycles. The Bertz CT molecular complexity index is 715. The van der Waals surface area contributed by atoms with E-state index >= 15 is 0 Å². The van der Waals surface area contributed by atoms with Crippen LogP contribution in [0, 0.1) is 6.92 Å². The summed E-state index contributed by atoms with van der Waals surface area (Å²) in [7, 11) is -3.33. The molecular weight excluding hydrogens is 304 g/mol. The predicted molar refractivity (Wildman–Crippen MR) is 90.2 cm³/mol. The predicted octanol–water partition coefficient (Wildman–Crippen LogP) is 3.11. The summed E-state index contributed by atoms with van der Waals surface area (Å²) in [5.74, 6) is 0.533. The van der Waals surface area contributed by atoms with Crippen molar-refractivity contribution in [2.45, 2.75) is 11.8 Å². The van der Waals surface area contributed by atoms with Gasteiger partial charge in [-0.15, -0.1) is 11.8 Å². The van der Waals surface area contributed by atoms with Crippen molar-refractivity contribution in [2.24, 2.45) is 0 Å². The Morgan fingerprint density at radius 3 is 2.62 bits per heavy atom. The number of hydrogen-bond acceptors (Lipinski definition) is 4. The lowest BCUT2D eigenvalue weighted by atomic mass is 10.2. The minimum absolute atomic E-state index is 0.0560. The van der Waals surface area contributed by atoms with Crippen LogP contribution < -0.4 is 10.5 Å². The van der Waals surface area contributed by atoms with Gasteiger partial charge in [-0.2, -0.15) is 0 Å². The van der Waals surface area contributed by atoms with Crippen molar-refractivity contribution in [3.63, 3.8) is 0 Å². The quantitative estimate of drug-likeness (QED) is 0.633. The van der Waals surface area contributed by atoms with Crippen LogP contribution in [-0.4, -0.2) is 19.9 Å². The first-order chi connectivity index (χ1) is 9.94. The van der Waals surface area contributed by atoms with Crippen LogP contribution in [0.1, 0.15) is 5.56 Å². The fourth-order valence-electron chi connectivity index (χ4n) is 1.81. The molecule has 0 aliphatic carbocycles. The molecule has 0 amide bonds. The van der Waals surface area contributed by atoms with Crippen LogP contribution in [0.5, 0.6) is 0 Å². The topological polar surface area (TPSA) is 72.2 Å². The molecule has 0 unspecified atom stereocenters. The van der Waals surface area contributed by atoms with Gasteiger partial charge in [-0.25, -0.2) is 8.42 Å². The summed E-state index contributed by atoms with van der Waals surface area (Å²) in [4.78, 5) is 0.973. The average Bonchev–Trinajstić information content (AvgIpc) is 2.38. The van der Waals surface area contributed by atoms with Gasteiger partial charge in [-0.05, 0) is 42.8 Å². The fourth-order valence-corrected chi connectivity index (χ4v) is 4.24. The molecule has 2 aromatic rings. The number of benzene rings is 2. The molecular formula is C15H18N2O2S2. The number of nitrogens with two attached hydrogens (primary N) is 1. The van der Waals surface area contributed by atoms with E-state index in [4.69, 9.17) is 5.73 Å². The number of nitrogens with one attached hydrogen (secondary N) is 1. The Balaban J connectivity index is 1.90. The number of anilines is 2. The number of rotatable bonds is 6. The zero-order valence-electron chi connectivity index (χ0n) is 11.7. The highest BCUT2D eigenvalue weighted by Crippen LogP contribution is 2.20. The van der Waals surface area contributed by atoms with E-state index in [0.29, 0.717) is 17.1 Å². The van der Waals surface area contributed by atoms with Gasteiger partial charge in [0.15, 0.2) is 0 Å². The Morgan fingerprint density at radius 2 is 1.90 bits per heavy atom. The van der Waals surface area contributed by atoms with Crippen LogP contribution in [0.3, 0.4) is 0 Å². The first kappa shape index (κ1) is 15.7. The normalized spacial score (nSPS) is 11.3. The van der Waals surface area contributed by atoms with Crippen LogP contribution in [0.25, 0.3) is 0 Å². The summed E-state index contributed by atoms with van der Waals surface area (Å²) in [5, 5.41) is 0. The summed E-state index contributed by atoms with van der Waals surface area (Å²) < 4.78 is 26.6. The monoisotopic (exact) mass is 322 g/mol. The molecule has 0 bridgehead atoms. The zero-order chi connectivity index (χ0) is 15.3. The van der Waals surface area contributed by atoms with Crippen LogP contribution in [0.15, 0.2) is 53.4 Å². The van der Waals surface area contributed by atoms with Crippen molar-refractivity contribution < 1.29 is 8.42 Å². The number of hydrogen-bond donors (Lipinski definition) is 2. The molecule has 0 fully saturated rings. The lowest BCUT2D eigenvalue weighted by Gasteiger charge is -2.08. The average molecular weight is 322 g/mol. The first-order valence-corrected chi connectivity index (χ1v) is 9.14. The zero-order valence-corrected chi connectivity index (χ0v) is 13.4. The molecule has 6 heteroatoms. The summed E-state index contributed by atoms with van der Waals surface area (Å²) in [6.07, 6.45) is 0. The standard InChI is InChI=1S/C15H18N2O2S2/c1-12-4-2-6-14(10-12)17-21(18,19)9-8-20-15-7-3-5-13(16)11-15/h2-7,10-11,17H,8-9,16H2,1H3. The molecule has 4 nitrogen and oxygen atoms in total. The van der Waals surface area contributed by atoms with Gasteiger partial charge in [0.25, 0.3) is 0 Å². The van der Waals surface area contributed by atoms with E-state index in [1.807, 2.05) is 43.3 Å². The van der Waals surface area contributed by atoms with Crippen molar-refractivity contribution in [2.75, 3.05) is 22.0 Å². The Kier molecular flexibility index (Phi) is 5.14. The van der Waals surface area contributed by atoms with Gasteiger partial charge in [0, 0.05) is 22.0 Å². The second-order valence-corrected chi connectivity index (χ2v) is 7.72. The molecule has 0 saturated heterocycles. The van der Waals surface area contributed by atoms with E-state index in [2.05, 4.69) is 4.72 Å². The van der Waals surface area contributed by atoms with Gasteiger partial charge in [0.1, 0.15) is 0 Å². The first-order valence-electron chi connectivity index (χ1n) is 6.50. The van der Waals surface area contributed by atoms with E-state index < -0.39 is 10.0 Å². The third-order valence-electron chi connectivity index (χ3n) is 2.77. The minimum Gasteiger partial charge on any atom is -0.399 e. The second kappa shape index (κ2) is 6.87. The van der Waals surface area contributed by atoms with Crippen molar-refractivity contribution in [1.82, 2.24) is 0 Å². The largest absolute Gasteiger partial charge is 0.399 e. The SMILES string of the molecule is Cc1cccc(NS(=O)(=O)CCSc2cccc(N)c2)c1. The molecule has 0 saturated carbocycles. The van der Waals surface area contributed by atoms with E-state index in [1.165, 1.54) is 11.8 Å². The molecule has 0 aliphatic rings. The summed E-state index contributed by atoms with van der Waals surface area (Å²) in [5.41, 5.74) is 7.99. The maximum atomic E-state index is 12.0. The lowest BCUT2D eigenvalue weighted by Crippen LogP contribution is -2.18. The Hall–Kier alpha value is -1.66. The molecule has 112 valence electrons. The number of nitrogen functional groups attached to an aromatic ring is 1. The van der Waals surface area contributed by atoms with Gasteiger partial charge in [-0.1, -0.05) is 18.2 Å². The molecule has 0 aliphatic heterocycles. The highest BCUT2D eigenvalue weighted by molar-refractivity contribution is 8.01. The number of thioether (sulfide) groups is 1. The van der Waals surface area contributed by atoms with Crippen LogP contribution in [0.4, 0.5) is 11.4 Å². The van der Waals surface area contributed by atoms with Crippen molar-refractivity contribution >= 4 is 33.2 Å². The molecule has 3 N–H and O–H groups in total. The van der Waals surface area contributed by atoms with Crippen LogP contribution >= 0.6 is 11.8 Å². The minimum atomic E-state index is -3.33. The van der Waals surface area contributed by atoms with Gasteiger partial charge in [0.05, 0.1) is 5.75 Å². The second-order valence-electron chi connectivity index (χ2n) is 4.71.